The molecule has 0 aliphatic heterocycles. The van der Waals surface area contributed by atoms with Gasteiger partial charge in [-0.2, -0.15) is 0 Å². The summed E-state index contributed by atoms with van der Waals surface area (Å²) in [4.78, 5) is 27.5. The van der Waals surface area contributed by atoms with Crippen molar-refractivity contribution >= 4 is 11.6 Å². The predicted molar refractivity (Wildman–Crippen MR) is 105 cm³/mol. The molecule has 0 unspecified atom stereocenters. The number of likely N-dealkylation sites (N-methyl/N-ethyl adjacent to an activating group) is 1. The fraction of sp³-hybridized carbons (Fsp3) is 0.217. The lowest BCUT2D eigenvalue weighted by molar-refractivity contribution is 0.0953. The molecule has 0 saturated heterocycles. The summed E-state index contributed by atoms with van der Waals surface area (Å²) >= 11 is 0. The van der Waals surface area contributed by atoms with Crippen LogP contribution in [0.3, 0.4) is 0 Å². The van der Waals surface area contributed by atoms with Gasteiger partial charge in [-0.25, -0.2) is 0 Å². The second kappa shape index (κ2) is 7.92. The third kappa shape index (κ3) is 3.63. The number of hydrogen-bond donors (Lipinski definition) is 0. The number of hydrogen-bond acceptors (Lipinski definition) is 4. The number of benzene rings is 2. The fourth-order valence-electron chi connectivity index (χ4n) is 3.12. The molecule has 0 saturated carbocycles. The van der Waals surface area contributed by atoms with Gasteiger partial charge < -0.3 is 9.64 Å². The number of methoxy groups -OCH3 is 1. The van der Waals surface area contributed by atoms with Crippen LogP contribution in [-0.4, -0.2) is 36.7 Å². The van der Waals surface area contributed by atoms with Crippen molar-refractivity contribution in [3.63, 3.8) is 0 Å². The first-order valence-corrected chi connectivity index (χ1v) is 8.93. The topological polar surface area (TPSA) is 46.6 Å². The van der Waals surface area contributed by atoms with Crippen LogP contribution in [0.2, 0.25) is 0 Å². The first kappa shape index (κ1) is 18.5. The number of carbonyl (C=O) groups excluding carboxylic acids is 2. The molecule has 1 aliphatic carbocycles. The van der Waals surface area contributed by atoms with E-state index in [2.05, 4.69) is 11.8 Å². The highest BCUT2D eigenvalue weighted by molar-refractivity contribution is 6.25. The highest BCUT2D eigenvalue weighted by Gasteiger charge is 2.29. The van der Waals surface area contributed by atoms with Crippen molar-refractivity contribution in [2.45, 2.75) is 13.8 Å². The van der Waals surface area contributed by atoms with Gasteiger partial charge in [-0.15, -0.1) is 0 Å². The Balaban J connectivity index is 2.03. The summed E-state index contributed by atoms with van der Waals surface area (Å²) < 4.78 is 5.15. The summed E-state index contributed by atoms with van der Waals surface area (Å²) in [5, 5.41) is 0. The van der Waals surface area contributed by atoms with E-state index in [4.69, 9.17) is 4.74 Å². The van der Waals surface area contributed by atoms with Gasteiger partial charge in [0.1, 0.15) is 5.75 Å². The molecule has 3 rings (SSSR count). The first-order chi connectivity index (χ1) is 13.1. The number of fused-ring (bicyclic) bond motifs is 1. The maximum atomic E-state index is 13.1. The number of rotatable bonds is 4. The average Bonchev–Trinajstić information content (AvgIpc) is 2.71. The highest BCUT2D eigenvalue weighted by atomic mass is 16.5. The van der Waals surface area contributed by atoms with Crippen LogP contribution in [0.1, 0.15) is 45.7 Å². The molecule has 0 fully saturated rings. The molecule has 136 valence electrons. The van der Waals surface area contributed by atoms with Gasteiger partial charge in [-0.1, -0.05) is 24.0 Å². The average molecular weight is 359 g/mol. The fourth-order valence-corrected chi connectivity index (χ4v) is 3.12. The molecular weight excluding hydrogens is 338 g/mol. The van der Waals surface area contributed by atoms with E-state index < -0.39 is 0 Å². The van der Waals surface area contributed by atoms with Gasteiger partial charge >= 0.3 is 0 Å². The normalized spacial score (nSPS) is 12.6. The van der Waals surface area contributed by atoms with Crippen LogP contribution < -0.4 is 4.74 Å². The van der Waals surface area contributed by atoms with Gasteiger partial charge in [-0.05, 0) is 44.2 Å². The Morgan fingerprint density at radius 3 is 2.30 bits per heavy atom. The molecule has 0 heterocycles. The standard InChI is InChI=1S/C23H21NO3/c1-4-24(5-2)20-15-21(25)19-8-6-7-17(22(19)23(20)26)12-9-16-10-13-18(27-3)14-11-16/h6-8,10-11,13-15H,4-5H2,1-3H3. The van der Waals surface area contributed by atoms with Crippen molar-refractivity contribution in [2.75, 3.05) is 20.2 Å². The molecule has 2 aromatic carbocycles. The van der Waals surface area contributed by atoms with Crippen molar-refractivity contribution in [1.29, 1.82) is 0 Å². The lowest BCUT2D eigenvalue weighted by Gasteiger charge is -2.26. The lowest BCUT2D eigenvalue weighted by Crippen LogP contribution is -2.31. The summed E-state index contributed by atoms with van der Waals surface area (Å²) in [7, 11) is 1.61. The van der Waals surface area contributed by atoms with Gasteiger partial charge in [0.25, 0.3) is 0 Å². The maximum absolute atomic E-state index is 13.1. The summed E-state index contributed by atoms with van der Waals surface area (Å²) in [6.45, 7) is 5.26. The van der Waals surface area contributed by atoms with E-state index in [1.165, 1.54) is 6.08 Å². The van der Waals surface area contributed by atoms with Gasteiger partial charge in [-0.3, -0.25) is 9.59 Å². The second-order valence-corrected chi connectivity index (χ2v) is 6.10. The smallest absolute Gasteiger partial charge is 0.211 e. The van der Waals surface area contributed by atoms with Crippen molar-refractivity contribution in [3.8, 4) is 17.6 Å². The predicted octanol–water partition coefficient (Wildman–Crippen LogP) is 3.70. The Bertz CT molecular complexity index is 971. The molecule has 0 atom stereocenters. The lowest BCUT2D eigenvalue weighted by atomic mass is 9.88. The minimum Gasteiger partial charge on any atom is -0.497 e. The molecule has 0 spiro atoms. The summed E-state index contributed by atoms with van der Waals surface area (Å²) in [6, 6.07) is 12.6. The molecular formula is C23H21NO3. The summed E-state index contributed by atoms with van der Waals surface area (Å²) in [5.41, 5.74) is 2.63. The van der Waals surface area contributed by atoms with Gasteiger partial charge in [0.15, 0.2) is 5.78 Å². The number of ether oxygens (including phenoxy) is 1. The van der Waals surface area contributed by atoms with Crippen molar-refractivity contribution in [2.24, 2.45) is 0 Å². The van der Waals surface area contributed by atoms with E-state index in [-0.39, 0.29) is 11.6 Å². The molecule has 0 amide bonds. The summed E-state index contributed by atoms with van der Waals surface area (Å²) in [5.74, 6) is 6.59. The number of carbonyl (C=O) groups is 2. The zero-order valence-electron chi connectivity index (χ0n) is 15.7. The molecule has 4 heteroatoms. The number of Topliss-reactive ketones (excluding diaryl/α,β-unsaturated/α-hetero) is 1. The molecule has 0 radical (unpaired) electrons. The largest absolute Gasteiger partial charge is 0.497 e. The number of allylic oxidation sites excluding steroid dienone is 2. The van der Waals surface area contributed by atoms with Gasteiger partial charge in [0, 0.05) is 35.9 Å². The molecule has 0 N–H and O–H groups in total. The Kier molecular flexibility index (Phi) is 5.42. The highest BCUT2D eigenvalue weighted by Crippen LogP contribution is 2.26. The van der Waals surface area contributed by atoms with E-state index in [1.807, 2.05) is 43.0 Å². The van der Waals surface area contributed by atoms with Gasteiger partial charge in [0.05, 0.1) is 18.4 Å². The van der Waals surface area contributed by atoms with Crippen molar-refractivity contribution < 1.29 is 14.3 Å². The van der Waals surface area contributed by atoms with Crippen LogP contribution >= 0.6 is 0 Å². The van der Waals surface area contributed by atoms with Crippen LogP contribution in [0.5, 0.6) is 5.75 Å². The minimum absolute atomic E-state index is 0.145. The third-order valence-corrected chi connectivity index (χ3v) is 4.59. The molecule has 27 heavy (non-hydrogen) atoms. The molecule has 2 aromatic rings. The zero-order valence-corrected chi connectivity index (χ0v) is 15.7. The van der Waals surface area contributed by atoms with E-state index in [0.29, 0.717) is 35.5 Å². The SMILES string of the molecule is CCN(CC)C1=CC(=O)c2cccc(C#Cc3ccc(OC)cc3)c2C1=O. The number of ketones is 2. The Morgan fingerprint density at radius 2 is 1.67 bits per heavy atom. The quantitative estimate of drug-likeness (QED) is 0.781. The molecule has 0 bridgehead atoms. The maximum Gasteiger partial charge on any atom is 0.211 e. The van der Waals surface area contributed by atoms with Crippen LogP contribution in [0.15, 0.2) is 54.2 Å². The third-order valence-electron chi connectivity index (χ3n) is 4.59. The van der Waals surface area contributed by atoms with Crippen molar-refractivity contribution in [1.82, 2.24) is 4.90 Å². The first-order valence-electron chi connectivity index (χ1n) is 8.93. The van der Waals surface area contributed by atoms with E-state index in [0.717, 1.165) is 11.3 Å². The van der Waals surface area contributed by atoms with E-state index >= 15 is 0 Å². The second-order valence-electron chi connectivity index (χ2n) is 6.10. The minimum atomic E-state index is -0.153. The monoisotopic (exact) mass is 359 g/mol. The van der Waals surface area contributed by atoms with Crippen LogP contribution in [0.4, 0.5) is 0 Å². The van der Waals surface area contributed by atoms with Crippen LogP contribution in [-0.2, 0) is 0 Å². The Morgan fingerprint density at radius 1 is 0.963 bits per heavy atom. The van der Waals surface area contributed by atoms with Gasteiger partial charge in [0.2, 0.25) is 5.78 Å². The van der Waals surface area contributed by atoms with Crippen LogP contribution in [0.25, 0.3) is 0 Å². The molecule has 4 nitrogen and oxygen atoms in total. The van der Waals surface area contributed by atoms with Crippen molar-refractivity contribution in [3.05, 3.63) is 76.5 Å². The molecule has 0 aromatic heterocycles. The Hall–Kier alpha value is -3.32. The van der Waals surface area contributed by atoms with E-state index in [9.17, 15) is 9.59 Å². The zero-order chi connectivity index (χ0) is 19.4. The summed E-state index contributed by atoms with van der Waals surface area (Å²) in [6.07, 6.45) is 1.44. The van der Waals surface area contributed by atoms with Crippen LogP contribution in [0, 0.1) is 11.8 Å². The molecule has 1 aliphatic rings. The number of nitrogens with zero attached hydrogens (tertiary/aromatic N) is 1. The van der Waals surface area contributed by atoms with E-state index in [1.54, 1.807) is 25.3 Å². The Labute approximate surface area is 159 Å².